The summed E-state index contributed by atoms with van der Waals surface area (Å²) in [6.07, 6.45) is 4.52. The predicted octanol–water partition coefficient (Wildman–Crippen LogP) is 3.07. The zero-order valence-corrected chi connectivity index (χ0v) is 15.0. The van der Waals surface area contributed by atoms with Gasteiger partial charge in [-0.2, -0.15) is 5.10 Å². The summed E-state index contributed by atoms with van der Waals surface area (Å²) >= 11 is 0. The molecular weight excluding hydrogens is 358 g/mol. The minimum Gasteiger partial charge on any atom is -0.497 e. The number of esters is 1. The first kappa shape index (κ1) is 18.8. The van der Waals surface area contributed by atoms with Crippen LogP contribution in [0.25, 0.3) is 0 Å². The highest BCUT2D eigenvalue weighted by Gasteiger charge is 2.09. The van der Waals surface area contributed by atoms with Gasteiger partial charge in [0.05, 0.1) is 18.9 Å². The van der Waals surface area contributed by atoms with Gasteiger partial charge in [0, 0.05) is 18.0 Å². The van der Waals surface area contributed by atoms with Gasteiger partial charge in [0.25, 0.3) is 5.91 Å². The zero-order valence-electron chi connectivity index (χ0n) is 15.0. The molecule has 0 spiro atoms. The highest BCUT2D eigenvalue weighted by atomic mass is 16.5. The maximum atomic E-state index is 12.2. The monoisotopic (exact) mass is 375 g/mol. The molecule has 3 rings (SSSR count). The van der Waals surface area contributed by atoms with Gasteiger partial charge in [-0.15, -0.1) is 0 Å². The van der Waals surface area contributed by atoms with Crippen molar-refractivity contribution in [3.05, 3.63) is 89.7 Å². The van der Waals surface area contributed by atoms with Gasteiger partial charge in [-0.3, -0.25) is 9.78 Å². The molecule has 0 saturated carbocycles. The third-order valence-corrected chi connectivity index (χ3v) is 3.72. The molecule has 1 aromatic heterocycles. The van der Waals surface area contributed by atoms with Crippen LogP contribution in [0.3, 0.4) is 0 Å². The molecular formula is C21H17N3O4. The van der Waals surface area contributed by atoms with Gasteiger partial charge >= 0.3 is 5.97 Å². The van der Waals surface area contributed by atoms with Gasteiger partial charge in [0.15, 0.2) is 0 Å². The second kappa shape index (κ2) is 9.09. The van der Waals surface area contributed by atoms with Crippen LogP contribution in [0.1, 0.15) is 26.3 Å². The van der Waals surface area contributed by atoms with Gasteiger partial charge in [-0.1, -0.05) is 12.1 Å². The predicted molar refractivity (Wildman–Crippen MR) is 104 cm³/mol. The van der Waals surface area contributed by atoms with Crippen LogP contribution in [0.2, 0.25) is 0 Å². The maximum Gasteiger partial charge on any atom is 0.343 e. The molecule has 0 radical (unpaired) electrons. The van der Waals surface area contributed by atoms with E-state index in [2.05, 4.69) is 15.5 Å². The average Bonchev–Trinajstić information content (AvgIpc) is 2.74. The molecule has 0 atom stereocenters. The summed E-state index contributed by atoms with van der Waals surface area (Å²) < 4.78 is 10.4. The average molecular weight is 375 g/mol. The molecule has 1 amide bonds. The minimum atomic E-state index is -0.484. The Kier molecular flexibility index (Phi) is 6.10. The van der Waals surface area contributed by atoms with Gasteiger partial charge in [0.2, 0.25) is 0 Å². The maximum absolute atomic E-state index is 12.2. The van der Waals surface area contributed by atoms with Crippen molar-refractivity contribution in [2.75, 3.05) is 7.11 Å². The van der Waals surface area contributed by atoms with E-state index in [9.17, 15) is 9.59 Å². The minimum absolute atomic E-state index is 0.347. The van der Waals surface area contributed by atoms with E-state index >= 15 is 0 Å². The highest BCUT2D eigenvalue weighted by Crippen LogP contribution is 2.16. The van der Waals surface area contributed by atoms with Crippen molar-refractivity contribution in [3.8, 4) is 11.5 Å². The number of nitrogens with one attached hydrogen (secondary N) is 1. The van der Waals surface area contributed by atoms with Gasteiger partial charge < -0.3 is 9.47 Å². The van der Waals surface area contributed by atoms with Crippen molar-refractivity contribution in [2.24, 2.45) is 5.10 Å². The Morgan fingerprint density at radius 2 is 1.71 bits per heavy atom. The zero-order chi connectivity index (χ0) is 19.8. The number of benzene rings is 2. The van der Waals surface area contributed by atoms with E-state index < -0.39 is 5.97 Å². The summed E-state index contributed by atoms with van der Waals surface area (Å²) in [5, 5.41) is 3.92. The molecule has 28 heavy (non-hydrogen) atoms. The topological polar surface area (TPSA) is 89.9 Å². The number of methoxy groups -OCH3 is 1. The molecule has 7 heteroatoms. The lowest BCUT2D eigenvalue weighted by atomic mass is 10.2. The van der Waals surface area contributed by atoms with Crippen molar-refractivity contribution in [1.29, 1.82) is 0 Å². The first-order chi connectivity index (χ1) is 13.7. The number of pyridine rings is 1. The van der Waals surface area contributed by atoms with Crippen molar-refractivity contribution in [1.82, 2.24) is 10.4 Å². The Labute approximate surface area is 161 Å². The number of rotatable bonds is 6. The number of hydrazone groups is 1. The van der Waals surface area contributed by atoms with Crippen LogP contribution in [0.4, 0.5) is 0 Å². The SMILES string of the molecule is COc1ccc(C(=O)Oc2cccc(/C=N\NC(=O)c3ccncc3)c2)cc1. The lowest BCUT2D eigenvalue weighted by molar-refractivity contribution is 0.0734. The number of hydrogen-bond acceptors (Lipinski definition) is 6. The second-order valence-corrected chi connectivity index (χ2v) is 5.63. The normalized spacial score (nSPS) is 10.5. The second-order valence-electron chi connectivity index (χ2n) is 5.63. The van der Waals surface area contributed by atoms with E-state index in [1.807, 2.05) is 0 Å². The lowest BCUT2D eigenvalue weighted by Gasteiger charge is -2.06. The number of aromatic nitrogens is 1. The fourth-order valence-electron chi connectivity index (χ4n) is 2.28. The summed E-state index contributed by atoms with van der Waals surface area (Å²) in [5.74, 6) is 0.192. The molecule has 1 heterocycles. The first-order valence-corrected chi connectivity index (χ1v) is 8.35. The Balaban J connectivity index is 1.61. The molecule has 0 aliphatic carbocycles. The molecule has 0 fully saturated rings. The quantitative estimate of drug-likeness (QED) is 0.309. The molecule has 0 unspecified atom stereocenters. The van der Waals surface area contributed by atoms with Crippen LogP contribution in [0.15, 0.2) is 78.2 Å². The first-order valence-electron chi connectivity index (χ1n) is 8.35. The molecule has 1 N–H and O–H groups in total. The van der Waals surface area contributed by atoms with E-state index in [0.29, 0.717) is 28.2 Å². The Hall–Kier alpha value is -4.00. The summed E-state index contributed by atoms with van der Waals surface area (Å²) in [5.41, 5.74) is 3.95. The molecule has 2 aromatic carbocycles. The summed E-state index contributed by atoms with van der Waals surface area (Å²) in [6.45, 7) is 0. The van der Waals surface area contributed by atoms with Gasteiger partial charge in [-0.05, 0) is 54.1 Å². The number of hydrogen-bond donors (Lipinski definition) is 1. The third-order valence-electron chi connectivity index (χ3n) is 3.72. The van der Waals surface area contributed by atoms with Crippen LogP contribution in [-0.2, 0) is 0 Å². The van der Waals surface area contributed by atoms with Crippen LogP contribution >= 0.6 is 0 Å². The molecule has 7 nitrogen and oxygen atoms in total. The molecule has 0 bridgehead atoms. The van der Waals surface area contributed by atoms with E-state index in [1.165, 1.54) is 18.6 Å². The largest absolute Gasteiger partial charge is 0.497 e. The Morgan fingerprint density at radius 1 is 0.964 bits per heavy atom. The molecule has 0 aliphatic rings. The smallest absolute Gasteiger partial charge is 0.343 e. The number of amides is 1. The molecule has 0 aliphatic heterocycles. The Bertz CT molecular complexity index is 986. The van der Waals surface area contributed by atoms with Gasteiger partial charge in [-0.25, -0.2) is 10.2 Å². The highest BCUT2D eigenvalue weighted by molar-refractivity contribution is 5.95. The number of nitrogens with zero attached hydrogens (tertiary/aromatic N) is 2. The molecule has 3 aromatic rings. The van der Waals surface area contributed by atoms with Crippen molar-refractivity contribution < 1.29 is 19.1 Å². The summed E-state index contributed by atoms with van der Waals surface area (Å²) in [4.78, 5) is 28.0. The fourth-order valence-corrected chi connectivity index (χ4v) is 2.28. The van der Waals surface area contributed by atoms with Crippen molar-refractivity contribution in [3.63, 3.8) is 0 Å². The Morgan fingerprint density at radius 3 is 2.43 bits per heavy atom. The third kappa shape index (κ3) is 5.01. The van der Waals surface area contributed by atoms with Crippen molar-refractivity contribution >= 4 is 18.1 Å². The van der Waals surface area contributed by atoms with E-state index in [-0.39, 0.29) is 5.91 Å². The van der Waals surface area contributed by atoms with E-state index in [1.54, 1.807) is 67.8 Å². The number of carbonyl (C=O) groups is 2. The standard InChI is InChI=1S/C21H17N3O4/c1-27-18-7-5-17(6-8-18)21(26)28-19-4-2-3-15(13-19)14-23-24-20(25)16-9-11-22-12-10-16/h2-14H,1H3,(H,24,25)/b23-14-. The lowest BCUT2D eigenvalue weighted by Crippen LogP contribution is -2.17. The summed E-state index contributed by atoms with van der Waals surface area (Å²) in [7, 11) is 1.56. The van der Waals surface area contributed by atoms with Crippen LogP contribution in [0, 0.1) is 0 Å². The van der Waals surface area contributed by atoms with E-state index in [0.717, 1.165) is 0 Å². The summed E-state index contributed by atoms with van der Waals surface area (Å²) in [6, 6.07) is 16.6. The number of carbonyl (C=O) groups excluding carboxylic acids is 2. The number of ether oxygens (including phenoxy) is 2. The van der Waals surface area contributed by atoms with Gasteiger partial charge in [0.1, 0.15) is 11.5 Å². The van der Waals surface area contributed by atoms with Crippen LogP contribution in [0.5, 0.6) is 11.5 Å². The fraction of sp³-hybridized carbons (Fsp3) is 0.0476. The van der Waals surface area contributed by atoms with Crippen molar-refractivity contribution in [2.45, 2.75) is 0 Å². The van der Waals surface area contributed by atoms with E-state index in [4.69, 9.17) is 9.47 Å². The molecule has 140 valence electrons. The van der Waals surface area contributed by atoms with Crippen LogP contribution < -0.4 is 14.9 Å². The molecule has 0 saturated heterocycles. The van der Waals surface area contributed by atoms with Crippen LogP contribution in [-0.4, -0.2) is 30.2 Å².